The molecule has 0 fully saturated rings. The lowest BCUT2D eigenvalue weighted by molar-refractivity contribution is 1.15. The van der Waals surface area contributed by atoms with Crippen LogP contribution in [0.1, 0.15) is 22.4 Å². The van der Waals surface area contributed by atoms with Gasteiger partial charge < -0.3 is 0 Å². The smallest absolute Gasteiger partial charge is 0.164 e. The molecule has 0 atom stereocenters. The molecule has 0 aliphatic heterocycles. The van der Waals surface area contributed by atoms with E-state index in [1.165, 1.54) is 39.1 Å². The molecule has 8 rings (SSSR count). The molecule has 0 spiro atoms. The second-order valence-corrected chi connectivity index (χ2v) is 8.54. The molecule has 4 aromatic heterocycles. The first-order chi connectivity index (χ1) is 15.4. The summed E-state index contributed by atoms with van der Waals surface area (Å²) in [5, 5.41) is 2.28. The standard InChI is InChI=1S/C27H16N4/c1-2-5-18-15(4-1)10-16-11-17-12-23-26(22(17)13-21(16)18)31-24-14-28-9-7-19(24)20-6-3-8-29-25(20)27(31)30-23/h1-9,11,13-14H,10,12H2. The number of hydrogen-bond donors (Lipinski definition) is 0. The summed E-state index contributed by atoms with van der Waals surface area (Å²) in [6.07, 6.45) is 7.55. The Balaban J connectivity index is 1.52. The van der Waals surface area contributed by atoms with Gasteiger partial charge in [0.1, 0.15) is 5.52 Å². The fourth-order valence-corrected chi connectivity index (χ4v) is 5.63. The van der Waals surface area contributed by atoms with Crippen LogP contribution in [0.3, 0.4) is 0 Å². The Morgan fingerprint density at radius 3 is 2.68 bits per heavy atom. The number of pyridine rings is 3. The number of nitrogens with zero attached hydrogens (tertiary/aromatic N) is 4. The average molecular weight is 396 g/mol. The zero-order valence-corrected chi connectivity index (χ0v) is 16.6. The van der Waals surface area contributed by atoms with Gasteiger partial charge in [0.05, 0.1) is 23.1 Å². The van der Waals surface area contributed by atoms with Crippen LogP contribution in [0, 0.1) is 0 Å². The first-order valence-electron chi connectivity index (χ1n) is 10.6. The van der Waals surface area contributed by atoms with Crippen LogP contribution in [0.15, 0.2) is 73.2 Å². The maximum Gasteiger partial charge on any atom is 0.164 e. The number of aromatic nitrogens is 4. The van der Waals surface area contributed by atoms with Crippen LogP contribution in [0.4, 0.5) is 0 Å². The van der Waals surface area contributed by atoms with E-state index in [1.54, 1.807) is 0 Å². The van der Waals surface area contributed by atoms with Gasteiger partial charge >= 0.3 is 0 Å². The van der Waals surface area contributed by atoms with E-state index in [1.807, 2.05) is 24.7 Å². The van der Waals surface area contributed by atoms with Crippen LogP contribution >= 0.6 is 0 Å². The Bertz CT molecular complexity index is 1740. The van der Waals surface area contributed by atoms with Crippen molar-refractivity contribution < 1.29 is 0 Å². The Morgan fingerprint density at radius 2 is 1.68 bits per heavy atom. The van der Waals surface area contributed by atoms with Gasteiger partial charge in [-0.1, -0.05) is 36.4 Å². The minimum absolute atomic E-state index is 0.867. The summed E-state index contributed by atoms with van der Waals surface area (Å²) < 4.78 is 2.28. The molecule has 144 valence electrons. The Labute approximate surface area is 177 Å². The van der Waals surface area contributed by atoms with Gasteiger partial charge in [-0.3, -0.25) is 14.4 Å². The van der Waals surface area contributed by atoms with Gasteiger partial charge in [0, 0.05) is 35.2 Å². The lowest BCUT2D eigenvalue weighted by Gasteiger charge is -2.11. The minimum Gasteiger partial charge on any atom is -0.289 e. The SMILES string of the molecule is c1ccc2c(c1)Cc1cc3c(cc1-2)-c1c(nc2c4ncccc4c4ccncc4n12)C3. The monoisotopic (exact) mass is 396 g/mol. The second-order valence-electron chi connectivity index (χ2n) is 8.54. The van der Waals surface area contributed by atoms with E-state index < -0.39 is 0 Å². The topological polar surface area (TPSA) is 43.1 Å². The fraction of sp³-hybridized carbons (Fsp3) is 0.0741. The highest BCUT2D eigenvalue weighted by Gasteiger charge is 2.30. The van der Waals surface area contributed by atoms with Crippen molar-refractivity contribution in [2.24, 2.45) is 0 Å². The maximum absolute atomic E-state index is 5.11. The summed E-state index contributed by atoms with van der Waals surface area (Å²) in [5.41, 5.74) is 13.5. The largest absolute Gasteiger partial charge is 0.289 e. The summed E-state index contributed by atoms with van der Waals surface area (Å²) in [6.45, 7) is 0. The molecule has 6 aromatic rings. The van der Waals surface area contributed by atoms with Gasteiger partial charge in [0.15, 0.2) is 5.65 Å². The van der Waals surface area contributed by atoms with E-state index in [4.69, 9.17) is 9.97 Å². The summed E-state index contributed by atoms with van der Waals surface area (Å²) in [7, 11) is 0. The molecule has 2 aromatic carbocycles. The molecular weight excluding hydrogens is 380 g/mol. The zero-order chi connectivity index (χ0) is 20.1. The first-order valence-corrected chi connectivity index (χ1v) is 10.6. The second kappa shape index (κ2) is 5.35. The third kappa shape index (κ3) is 1.88. The van der Waals surface area contributed by atoms with Gasteiger partial charge in [-0.05, 0) is 52.4 Å². The summed E-state index contributed by atoms with van der Waals surface area (Å²) in [4.78, 5) is 14.3. The number of hydrogen-bond acceptors (Lipinski definition) is 3. The average Bonchev–Trinajstić information content (AvgIpc) is 3.47. The number of benzene rings is 2. The molecule has 0 bridgehead atoms. The molecule has 4 heterocycles. The Kier molecular flexibility index (Phi) is 2.72. The van der Waals surface area contributed by atoms with Crippen LogP contribution < -0.4 is 0 Å². The summed E-state index contributed by atoms with van der Waals surface area (Å²) in [6, 6.07) is 19.8. The van der Waals surface area contributed by atoms with Crippen molar-refractivity contribution in [2.45, 2.75) is 12.8 Å². The van der Waals surface area contributed by atoms with E-state index in [-0.39, 0.29) is 0 Å². The van der Waals surface area contributed by atoms with Crippen LogP contribution in [-0.2, 0) is 12.8 Å². The van der Waals surface area contributed by atoms with Crippen molar-refractivity contribution in [2.75, 3.05) is 0 Å². The van der Waals surface area contributed by atoms with E-state index in [0.29, 0.717) is 0 Å². The molecule has 4 heteroatoms. The van der Waals surface area contributed by atoms with E-state index >= 15 is 0 Å². The Hall–Kier alpha value is -4.05. The predicted octanol–water partition coefficient (Wildman–Crippen LogP) is 5.57. The number of fused-ring (bicyclic) bond motifs is 13. The molecular formula is C27H16N4. The molecule has 0 N–H and O–H groups in total. The zero-order valence-electron chi connectivity index (χ0n) is 16.6. The quantitative estimate of drug-likeness (QED) is 0.315. The van der Waals surface area contributed by atoms with Crippen molar-refractivity contribution in [3.05, 3.63) is 95.6 Å². The lowest BCUT2D eigenvalue weighted by atomic mass is 9.99. The lowest BCUT2D eigenvalue weighted by Crippen LogP contribution is -1.96. The van der Waals surface area contributed by atoms with Crippen molar-refractivity contribution in [1.29, 1.82) is 0 Å². The normalized spacial score (nSPS) is 13.5. The number of rotatable bonds is 0. The first kappa shape index (κ1) is 15.7. The molecule has 2 aliphatic rings. The molecule has 0 saturated carbocycles. The Morgan fingerprint density at radius 1 is 0.742 bits per heavy atom. The van der Waals surface area contributed by atoms with E-state index in [2.05, 4.69) is 57.9 Å². The van der Waals surface area contributed by atoms with Gasteiger partial charge in [0.25, 0.3) is 0 Å². The fourth-order valence-electron chi connectivity index (χ4n) is 5.63. The van der Waals surface area contributed by atoms with E-state index in [0.717, 1.165) is 46.0 Å². The van der Waals surface area contributed by atoms with Crippen LogP contribution in [-0.4, -0.2) is 19.4 Å². The highest BCUT2D eigenvalue weighted by molar-refractivity contribution is 6.10. The van der Waals surface area contributed by atoms with Gasteiger partial charge in [-0.25, -0.2) is 4.98 Å². The molecule has 31 heavy (non-hydrogen) atoms. The van der Waals surface area contributed by atoms with Crippen molar-refractivity contribution >= 4 is 27.5 Å². The molecule has 0 unspecified atom stereocenters. The predicted molar refractivity (Wildman–Crippen MR) is 122 cm³/mol. The highest BCUT2D eigenvalue weighted by atomic mass is 15.1. The summed E-state index contributed by atoms with van der Waals surface area (Å²) in [5.74, 6) is 0. The van der Waals surface area contributed by atoms with Crippen molar-refractivity contribution in [3.63, 3.8) is 0 Å². The molecule has 4 nitrogen and oxygen atoms in total. The van der Waals surface area contributed by atoms with Crippen LogP contribution in [0.2, 0.25) is 0 Å². The third-order valence-electron chi connectivity index (χ3n) is 6.93. The molecule has 2 aliphatic carbocycles. The molecule has 0 amide bonds. The van der Waals surface area contributed by atoms with Crippen molar-refractivity contribution in [3.8, 4) is 22.4 Å². The van der Waals surface area contributed by atoms with Gasteiger partial charge in [0.2, 0.25) is 0 Å². The third-order valence-corrected chi connectivity index (χ3v) is 6.93. The van der Waals surface area contributed by atoms with Crippen molar-refractivity contribution in [1.82, 2.24) is 19.4 Å². The van der Waals surface area contributed by atoms with Crippen LogP contribution in [0.25, 0.3) is 49.8 Å². The van der Waals surface area contributed by atoms with Gasteiger partial charge in [-0.2, -0.15) is 0 Å². The summed E-state index contributed by atoms with van der Waals surface area (Å²) >= 11 is 0. The molecule has 0 radical (unpaired) electrons. The molecule has 0 saturated heterocycles. The maximum atomic E-state index is 5.11. The minimum atomic E-state index is 0.867. The highest BCUT2D eigenvalue weighted by Crippen LogP contribution is 2.46. The van der Waals surface area contributed by atoms with Crippen LogP contribution in [0.5, 0.6) is 0 Å². The van der Waals surface area contributed by atoms with E-state index in [9.17, 15) is 0 Å². The van der Waals surface area contributed by atoms with Gasteiger partial charge in [-0.15, -0.1) is 0 Å². The number of imidazole rings is 1.